The number of aliphatic imine (C=N–C) groups is 1. The number of nitrogens with one attached hydrogen (secondary N) is 2. The highest BCUT2D eigenvalue weighted by molar-refractivity contribution is 5.79. The number of ether oxygens (including phenoxy) is 2. The monoisotopic (exact) mass is 364 g/mol. The molecule has 0 aliphatic rings. The first kappa shape index (κ1) is 19.4. The fourth-order valence-electron chi connectivity index (χ4n) is 2.29. The van der Waals surface area contributed by atoms with E-state index in [0.29, 0.717) is 23.8 Å². The second kappa shape index (κ2) is 10.2. The van der Waals surface area contributed by atoms with E-state index in [1.165, 1.54) is 13.2 Å². The standard InChI is InChI=1S/C18H22F2N4O2/c1-21-18(23-10-8-14-5-3-4-9-22-14)24-12-13-11-15(25-2)6-7-16(13)26-17(19)20/h3-7,9,11,17H,8,10,12H2,1-2H3,(H2,21,23,24). The molecule has 0 saturated carbocycles. The molecule has 0 atom stereocenters. The van der Waals surface area contributed by atoms with Crippen LogP contribution in [0.15, 0.2) is 47.6 Å². The third-order valence-electron chi connectivity index (χ3n) is 3.55. The van der Waals surface area contributed by atoms with Gasteiger partial charge in [-0.3, -0.25) is 9.98 Å². The zero-order valence-corrected chi connectivity index (χ0v) is 14.7. The van der Waals surface area contributed by atoms with Gasteiger partial charge in [0.05, 0.1) is 7.11 Å². The topological polar surface area (TPSA) is 67.8 Å². The van der Waals surface area contributed by atoms with Crippen LogP contribution in [0, 0.1) is 0 Å². The van der Waals surface area contributed by atoms with Gasteiger partial charge in [0.2, 0.25) is 0 Å². The molecule has 2 N–H and O–H groups in total. The van der Waals surface area contributed by atoms with Crippen molar-refractivity contribution in [3.8, 4) is 11.5 Å². The highest BCUT2D eigenvalue weighted by Gasteiger charge is 2.11. The highest BCUT2D eigenvalue weighted by atomic mass is 19.3. The maximum atomic E-state index is 12.6. The van der Waals surface area contributed by atoms with Crippen LogP contribution >= 0.6 is 0 Å². The third-order valence-corrected chi connectivity index (χ3v) is 3.55. The molecule has 0 aliphatic carbocycles. The minimum Gasteiger partial charge on any atom is -0.497 e. The first-order valence-corrected chi connectivity index (χ1v) is 8.08. The molecular formula is C18H22F2N4O2. The average molecular weight is 364 g/mol. The lowest BCUT2D eigenvalue weighted by Gasteiger charge is -2.15. The Labute approximate surface area is 151 Å². The van der Waals surface area contributed by atoms with Crippen LogP contribution < -0.4 is 20.1 Å². The zero-order valence-electron chi connectivity index (χ0n) is 14.7. The average Bonchev–Trinajstić information content (AvgIpc) is 2.65. The number of pyridine rings is 1. The van der Waals surface area contributed by atoms with Crippen LogP contribution in [0.4, 0.5) is 8.78 Å². The van der Waals surface area contributed by atoms with Crippen LogP contribution in [0.1, 0.15) is 11.3 Å². The largest absolute Gasteiger partial charge is 0.497 e. The number of guanidine groups is 1. The molecule has 1 aromatic carbocycles. The van der Waals surface area contributed by atoms with Gasteiger partial charge in [0.25, 0.3) is 0 Å². The number of nitrogens with zero attached hydrogens (tertiary/aromatic N) is 2. The van der Waals surface area contributed by atoms with Gasteiger partial charge in [0.15, 0.2) is 5.96 Å². The maximum Gasteiger partial charge on any atom is 0.387 e. The number of alkyl halides is 2. The van der Waals surface area contributed by atoms with E-state index in [-0.39, 0.29) is 12.3 Å². The molecule has 0 saturated heterocycles. The van der Waals surface area contributed by atoms with Crippen LogP contribution in [-0.2, 0) is 13.0 Å². The Morgan fingerprint density at radius 2 is 2.08 bits per heavy atom. The number of rotatable bonds is 8. The van der Waals surface area contributed by atoms with Gasteiger partial charge >= 0.3 is 6.61 Å². The van der Waals surface area contributed by atoms with Crippen LogP contribution in [0.5, 0.6) is 11.5 Å². The zero-order chi connectivity index (χ0) is 18.8. The number of benzene rings is 1. The SMILES string of the molecule is CN=C(NCCc1ccccn1)NCc1cc(OC)ccc1OC(F)F. The first-order valence-electron chi connectivity index (χ1n) is 8.08. The number of aromatic nitrogens is 1. The molecular weight excluding hydrogens is 342 g/mol. The van der Waals surface area contributed by atoms with E-state index in [9.17, 15) is 8.78 Å². The highest BCUT2D eigenvalue weighted by Crippen LogP contribution is 2.25. The van der Waals surface area contributed by atoms with Crippen molar-refractivity contribution >= 4 is 5.96 Å². The maximum absolute atomic E-state index is 12.6. The molecule has 0 radical (unpaired) electrons. The summed E-state index contributed by atoms with van der Waals surface area (Å²) in [5, 5.41) is 6.23. The molecule has 140 valence electrons. The number of methoxy groups -OCH3 is 1. The molecule has 0 amide bonds. The number of hydrogen-bond donors (Lipinski definition) is 2. The van der Waals surface area contributed by atoms with E-state index in [2.05, 4.69) is 25.3 Å². The van der Waals surface area contributed by atoms with Crippen molar-refractivity contribution in [2.45, 2.75) is 19.6 Å². The summed E-state index contributed by atoms with van der Waals surface area (Å²) in [5.74, 6) is 1.20. The molecule has 0 spiro atoms. The van der Waals surface area contributed by atoms with E-state index in [0.717, 1.165) is 12.1 Å². The molecule has 1 heterocycles. The minimum absolute atomic E-state index is 0.0947. The lowest BCUT2D eigenvalue weighted by molar-refractivity contribution is -0.0504. The fraction of sp³-hybridized carbons (Fsp3) is 0.333. The van der Waals surface area contributed by atoms with Gasteiger partial charge in [-0.15, -0.1) is 0 Å². The van der Waals surface area contributed by atoms with Crippen LogP contribution in [0.25, 0.3) is 0 Å². The molecule has 26 heavy (non-hydrogen) atoms. The molecule has 0 unspecified atom stereocenters. The normalized spacial score (nSPS) is 11.3. The summed E-state index contributed by atoms with van der Waals surface area (Å²) >= 11 is 0. The fourth-order valence-corrected chi connectivity index (χ4v) is 2.29. The van der Waals surface area contributed by atoms with E-state index in [4.69, 9.17) is 4.74 Å². The summed E-state index contributed by atoms with van der Waals surface area (Å²) in [6.07, 6.45) is 2.48. The number of hydrogen-bond acceptors (Lipinski definition) is 4. The summed E-state index contributed by atoms with van der Waals surface area (Å²) in [6, 6.07) is 10.4. The lowest BCUT2D eigenvalue weighted by atomic mass is 10.2. The predicted octanol–water partition coefficient (Wildman–Crippen LogP) is 2.60. The molecule has 0 bridgehead atoms. The number of halogens is 2. The van der Waals surface area contributed by atoms with E-state index in [1.807, 2.05) is 18.2 Å². The van der Waals surface area contributed by atoms with Crippen molar-refractivity contribution in [1.82, 2.24) is 15.6 Å². The van der Waals surface area contributed by atoms with Gasteiger partial charge in [-0.1, -0.05) is 6.07 Å². The van der Waals surface area contributed by atoms with Crippen molar-refractivity contribution in [3.05, 3.63) is 53.9 Å². The summed E-state index contributed by atoms with van der Waals surface area (Å²) < 4.78 is 34.8. The van der Waals surface area contributed by atoms with Crippen LogP contribution in [0.2, 0.25) is 0 Å². The molecule has 6 nitrogen and oxygen atoms in total. The van der Waals surface area contributed by atoms with Crippen molar-refractivity contribution in [3.63, 3.8) is 0 Å². The summed E-state index contributed by atoms with van der Waals surface area (Å²) in [6.45, 7) is -2.00. The molecule has 0 aliphatic heterocycles. The van der Waals surface area contributed by atoms with E-state index < -0.39 is 6.61 Å². The molecule has 2 rings (SSSR count). The molecule has 8 heteroatoms. The Morgan fingerprint density at radius 1 is 1.23 bits per heavy atom. The quantitative estimate of drug-likeness (QED) is 0.557. The Morgan fingerprint density at radius 3 is 2.73 bits per heavy atom. The second-order valence-electron chi connectivity index (χ2n) is 5.28. The van der Waals surface area contributed by atoms with Crippen molar-refractivity contribution in [2.24, 2.45) is 4.99 Å². The predicted molar refractivity (Wildman–Crippen MR) is 95.8 cm³/mol. The summed E-state index contributed by atoms with van der Waals surface area (Å²) in [5.41, 5.74) is 1.51. The molecule has 0 fully saturated rings. The lowest BCUT2D eigenvalue weighted by Crippen LogP contribution is -2.38. The van der Waals surface area contributed by atoms with E-state index in [1.54, 1.807) is 25.4 Å². The Balaban J connectivity index is 1.92. The minimum atomic E-state index is -2.89. The van der Waals surface area contributed by atoms with Gasteiger partial charge in [-0.05, 0) is 30.3 Å². The molecule has 1 aromatic heterocycles. The smallest absolute Gasteiger partial charge is 0.387 e. The molecule has 2 aromatic rings. The Bertz CT molecular complexity index is 712. The Kier molecular flexibility index (Phi) is 7.60. The van der Waals surface area contributed by atoms with Crippen LogP contribution in [-0.4, -0.2) is 38.3 Å². The van der Waals surface area contributed by atoms with Gasteiger partial charge in [0, 0.05) is 44.0 Å². The van der Waals surface area contributed by atoms with Crippen molar-refractivity contribution in [1.29, 1.82) is 0 Å². The van der Waals surface area contributed by atoms with Crippen molar-refractivity contribution in [2.75, 3.05) is 20.7 Å². The Hall–Kier alpha value is -2.90. The third kappa shape index (κ3) is 6.19. The van der Waals surface area contributed by atoms with E-state index >= 15 is 0 Å². The van der Waals surface area contributed by atoms with Crippen molar-refractivity contribution < 1.29 is 18.3 Å². The summed E-state index contributed by atoms with van der Waals surface area (Å²) in [7, 11) is 3.15. The second-order valence-corrected chi connectivity index (χ2v) is 5.28. The van der Waals surface area contributed by atoms with Crippen LogP contribution in [0.3, 0.4) is 0 Å². The van der Waals surface area contributed by atoms with Gasteiger partial charge in [-0.25, -0.2) is 0 Å². The van der Waals surface area contributed by atoms with Gasteiger partial charge in [0.1, 0.15) is 11.5 Å². The van der Waals surface area contributed by atoms with Gasteiger partial charge < -0.3 is 20.1 Å². The summed E-state index contributed by atoms with van der Waals surface area (Å²) in [4.78, 5) is 8.37. The van der Waals surface area contributed by atoms with Gasteiger partial charge in [-0.2, -0.15) is 8.78 Å². The first-order chi connectivity index (χ1) is 12.6.